The van der Waals surface area contributed by atoms with Gasteiger partial charge in [0.25, 0.3) is 0 Å². The third kappa shape index (κ3) is 1.33. The summed E-state index contributed by atoms with van der Waals surface area (Å²) in [6.07, 6.45) is 1.20. The highest BCUT2D eigenvalue weighted by Gasteiger charge is 1.90. The van der Waals surface area contributed by atoms with Gasteiger partial charge in [0.05, 0.1) is 0 Å². The van der Waals surface area contributed by atoms with Gasteiger partial charge in [-0.1, -0.05) is 23.4 Å². The average Bonchev–Trinajstić information content (AvgIpc) is 1.80. The first-order valence-electron chi connectivity index (χ1n) is 2.49. The van der Waals surface area contributed by atoms with Crippen LogP contribution in [0.3, 0.4) is 0 Å². The molecule has 1 aromatic heterocycles. The van der Waals surface area contributed by atoms with Crippen LogP contribution < -0.4 is 5.11 Å². The minimum Gasteiger partial charge on any atom is -0.871 e. The molecular weight excluding hydrogens is 138 g/mol. The number of halogens is 1. The van der Waals surface area contributed by atoms with E-state index < -0.39 is 0 Å². The Balaban J connectivity index is 3.17. The number of aryl methyl sites for hydroxylation is 1. The van der Waals surface area contributed by atoms with Crippen molar-refractivity contribution in [3.63, 3.8) is 0 Å². The minimum atomic E-state index is -0.100. The summed E-state index contributed by atoms with van der Waals surface area (Å²) < 4.78 is 0. The zero-order valence-electron chi connectivity index (χ0n) is 4.89. The monoisotopic (exact) mass is 142 g/mol. The molecule has 0 aliphatic rings. The van der Waals surface area contributed by atoms with Crippen molar-refractivity contribution in [1.82, 2.24) is 4.98 Å². The Bertz CT molecular complexity index is 224. The van der Waals surface area contributed by atoms with E-state index in [4.69, 9.17) is 11.6 Å². The summed E-state index contributed by atoms with van der Waals surface area (Å²) in [5.41, 5.74) is 0.726. The third-order valence-electron chi connectivity index (χ3n) is 0.989. The zero-order valence-corrected chi connectivity index (χ0v) is 5.64. The van der Waals surface area contributed by atoms with Crippen LogP contribution in [0.2, 0.25) is 5.15 Å². The maximum absolute atomic E-state index is 10.5. The molecule has 0 radical (unpaired) electrons. The maximum Gasteiger partial charge on any atom is 0.131 e. The Morgan fingerprint density at radius 3 is 2.78 bits per heavy atom. The summed E-state index contributed by atoms with van der Waals surface area (Å²) in [5, 5.41) is 10.9. The standard InChI is InChI=1S/C6H6ClNO/c1-4-2-5(9)3-8-6(4)7/h2-3,9H,1H3/p-1. The highest BCUT2D eigenvalue weighted by molar-refractivity contribution is 6.30. The number of rotatable bonds is 0. The van der Waals surface area contributed by atoms with E-state index in [-0.39, 0.29) is 5.75 Å². The normalized spacial score (nSPS) is 9.56. The topological polar surface area (TPSA) is 36.0 Å². The highest BCUT2D eigenvalue weighted by atomic mass is 35.5. The zero-order chi connectivity index (χ0) is 6.85. The summed E-state index contributed by atoms with van der Waals surface area (Å²) in [4.78, 5) is 3.63. The van der Waals surface area contributed by atoms with Crippen LogP contribution in [0.15, 0.2) is 12.3 Å². The highest BCUT2D eigenvalue weighted by Crippen LogP contribution is 2.13. The lowest BCUT2D eigenvalue weighted by Crippen LogP contribution is -1.91. The van der Waals surface area contributed by atoms with Crippen molar-refractivity contribution in [2.45, 2.75) is 6.92 Å². The third-order valence-corrected chi connectivity index (χ3v) is 1.38. The van der Waals surface area contributed by atoms with Crippen LogP contribution in [-0.2, 0) is 0 Å². The van der Waals surface area contributed by atoms with E-state index in [1.165, 1.54) is 12.3 Å². The molecule has 0 amide bonds. The van der Waals surface area contributed by atoms with Gasteiger partial charge in [-0.05, 0) is 12.5 Å². The van der Waals surface area contributed by atoms with Crippen molar-refractivity contribution in [3.8, 4) is 5.75 Å². The molecule has 2 nitrogen and oxygen atoms in total. The number of aromatic nitrogens is 1. The van der Waals surface area contributed by atoms with Crippen LogP contribution in [-0.4, -0.2) is 4.98 Å². The second-order valence-corrected chi connectivity index (χ2v) is 2.14. The van der Waals surface area contributed by atoms with E-state index in [1.807, 2.05) is 0 Å². The lowest BCUT2D eigenvalue weighted by Gasteiger charge is -2.04. The molecule has 0 aliphatic carbocycles. The molecule has 0 atom stereocenters. The van der Waals surface area contributed by atoms with Crippen molar-refractivity contribution in [3.05, 3.63) is 23.0 Å². The molecule has 0 aromatic carbocycles. The van der Waals surface area contributed by atoms with Crippen molar-refractivity contribution in [1.29, 1.82) is 0 Å². The Labute approximate surface area is 58.1 Å². The van der Waals surface area contributed by atoms with Gasteiger partial charge in [0.15, 0.2) is 0 Å². The first-order chi connectivity index (χ1) is 4.20. The van der Waals surface area contributed by atoms with Crippen LogP contribution in [0.25, 0.3) is 0 Å². The van der Waals surface area contributed by atoms with E-state index in [0.717, 1.165) is 5.56 Å². The van der Waals surface area contributed by atoms with Crippen LogP contribution in [0.1, 0.15) is 5.56 Å². The smallest absolute Gasteiger partial charge is 0.131 e. The van der Waals surface area contributed by atoms with Gasteiger partial charge in [-0.15, -0.1) is 0 Å². The second kappa shape index (κ2) is 2.23. The van der Waals surface area contributed by atoms with Gasteiger partial charge in [-0.25, -0.2) is 4.98 Å². The maximum atomic E-state index is 10.5. The molecule has 1 aromatic rings. The van der Waals surface area contributed by atoms with E-state index in [9.17, 15) is 5.11 Å². The molecule has 0 unspecified atom stereocenters. The Kier molecular flexibility index (Phi) is 1.58. The summed E-state index contributed by atoms with van der Waals surface area (Å²) in [5.74, 6) is -0.100. The summed E-state index contributed by atoms with van der Waals surface area (Å²) in [7, 11) is 0. The lowest BCUT2D eigenvalue weighted by atomic mass is 10.3. The molecule has 0 spiro atoms. The molecule has 0 fully saturated rings. The number of hydrogen-bond donors (Lipinski definition) is 0. The molecular formula is C6H5ClNO-. The summed E-state index contributed by atoms with van der Waals surface area (Å²) >= 11 is 5.53. The molecule has 9 heavy (non-hydrogen) atoms. The lowest BCUT2D eigenvalue weighted by molar-refractivity contribution is -0.268. The van der Waals surface area contributed by atoms with Gasteiger partial charge in [0, 0.05) is 6.20 Å². The van der Waals surface area contributed by atoms with Gasteiger partial charge >= 0.3 is 0 Å². The van der Waals surface area contributed by atoms with Gasteiger partial charge in [-0.2, -0.15) is 0 Å². The summed E-state index contributed by atoms with van der Waals surface area (Å²) in [6.45, 7) is 1.75. The van der Waals surface area contributed by atoms with Gasteiger partial charge in [0.2, 0.25) is 0 Å². The van der Waals surface area contributed by atoms with Crippen LogP contribution in [0.4, 0.5) is 0 Å². The Morgan fingerprint density at radius 2 is 2.33 bits per heavy atom. The predicted octanol–water partition coefficient (Wildman–Crippen LogP) is 1.12. The van der Waals surface area contributed by atoms with Gasteiger partial charge in [-0.3, -0.25) is 0 Å². The van der Waals surface area contributed by atoms with E-state index in [2.05, 4.69) is 4.98 Å². The Morgan fingerprint density at radius 1 is 1.67 bits per heavy atom. The van der Waals surface area contributed by atoms with E-state index in [0.29, 0.717) is 5.15 Å². The second-order valence-electron chi connectivity index (χ2n) is 1.78. The fourth-order valence-corrected chi connectivity index (χ4v) is 0.636. The van der Waals surface area contributed by atoms with Gasteiger partial charge in [0.1, 0.15) is 5.15 Å². The molecule has 0 N–H and O–H groups in total. The average molecular weight is 143 g/mol. The van der Waals surface area contributed by atoms with Crippen molar-refractivity contribution < 1.29 is 5.11 Å². The first-order valence-corrected chi connectivity index (χ1v) is 2.87. The van der Waals surface area contributed by atoms with Crippen LogP contribution in [0.5, 0.6) is 5.75 Å². The van der Waals surface area contributed by atoms with Gasteiger partial charge < -0.3 is 5.11 Å². The molecule has 0 saturated carbocycles. The first kappa shape index (κ1) is 6.36. The number of hydrogen-bond acceptors (Lipinski definition) is 2. The number of pyridine rings is 1. The SMILES string of the molecule is Cc1cc([O-])cnc1Cl. The quantitative estimate of drug-likeness (QED) is 0.509. The minimum absolute atomic E-state index is 0.100. The van der Waals surface area contributed by atoms with E-state index in [1.54, 1.807) is 6.92 Å². The molecule has 1 heterocycles. The fraction of sp³-hybridized carbons (Fsp3) is 0.167. The molecule has 0 saturated heterocycles. The number of nitrogens with zero attached hydrogens (tertiary/aromatic N) is 1. The van der Waals surface area contributed by atoms with Crippen molar-refractivity contribution in [2.75, 3.05) is 0 Å². The fourth-order valence-electron chi connectivity index (χ4n) is 0.532. The van der Waals surface area contributed by atoms with Crippen LogP contribution >= 0.6 is 11.6 Å². The van der Waals surface area contributed by atoms with E-state index >= 15 is 0 Å². The molecule has 0 aliphatic heterocycles. The molecule has 0 bridgehead atoms. The van der Waals surface area contributed by atoms with Crippen molar-refractivity contribution >= 4 is 11.6 Å². The molecule has 3 heteroatoms. The predicted molar refractivity (Wildman–Crippen MR) is 33.4 cm³/mol. The summed E-state index contributed by atoms with van der Waals surface area (Å²) in [6, 6.07) is 1.45. The molecule has 1 rings (SSSR count). The molecule has 48 valence electrons. The Hall–Kier alpha value is -0.760. The van der Waals surface area contributed by atoms with Crippen LogP contribution in [0, 0.1) is 6.92 Å². The largest absolute Gasteiger partial charge is 0.871 e. The van der Waals surface area contributed by atoms with Crippen molar-refractivity contribution in [2.24, 2.45) is 0 Å².